The zero-order valence-corrected chi connectivity index (χ0v) is 10.7. The summed E-state index contributed by atoms with van der Waals surface area (Å²) >= 11 is 0. The van der Waals surface area contributed by atoms with Crippen molar-refractivity contribution in [1.82, 2.24) is 0 Å². The highest BCUT2D eigenvalue weighted by atomic mass is 16.6. The molecule has 1 unspecified atom stereocenters. The van der Waals surface area contributed by atoms with Crippen LogP contribution in [-0.2, 0) is 9.53 Å². The summed E-state index contributed by atoms with van der Waals surface area (Å²) < 4.78 is 5.58. The fourth-order valence-corrected chi connectivity index (χ4v) is 2.29. The van der Waals surface area contributed by atoms with Gasteiger partial charge in [-0.2, -0.15) is 0 Å². The van der Waals surface area contributed by atoms with Crippen LogP contribution < -0.4 is 0 Å². The number of carbonyl (C=O) groups is 1. The fraction of sp³-hybridized carbons (Fsp3) is 0.769. The van der Waals surface area contributed by atoms with Crippen LogP contribution in [0.15, 0.2) is 12.2 Å². The molecule has 0 aromatic rings. The van der Waals surface area contributed by atoms with Gasteiger partial charge in [-0.1, -0.05) is 26.0 Å². The molecule has 1 rings (SSSR count). The molecule has 1 aliphatic heterocycles. The largest absolute Gasteiger partial charge is 0.367 e. The summed E-state index contributed by atoms with van der Waals surface area (Å²) in [6.07, 6.45) is 2.71. The molecule has 0 aliphatic carbocycles. The van der Waals surface area contributed by atoms with Crippen LogP contribution in [0.2, 0.25) is 0 Å². The molecule has 0 radical (unpaired) electrons. The van der Waals surface area contributed by atoms with Gasteiger partial charge in [-0.3, -0.25) is 4.79 Å². The predicted molar refractivity (Wildman–Crippen MR) is 62.8 cm³/mol. The molecule has 3 nitrogen and oxygen atoms in total. The second-order valence-corrected chi connectivity index (χ2v) is 5.21. The normalized spacial score (nSPS) is 36.6. The first-order chi connectivity index (χ1) is 7.32. The van der Waals surface area contributed by atoms with Gasteiger partial charge in [0, 0.05) is 11.8 Å². The van der Waals surface area contributed by atoms with Gasteiger partial charge >= 0.3 is 0 Å². The highest BCUT2D eigenvalue weighted by molar-refractivity contribution is 5.87. The lowest BCUT2D eigenvalue weighted by Gasteiger charge is -2.43. The topological polar surface area (TPSA) is 46.5 Å². The van der Waals surface area contributed by atoms with Crippen molar-refractivity contribution in [3.63, 3.8) is 0 Å². The second-order valence-electron chi connectivity index (χ2n) is 5.21. The minimum atomic E-state index is -1.01. The van der Waals surface area contributed by atoms with E-state index in [1.807, 2.05) is 32.9 Å². The van der Waals surface area contributed by atoms with Crippen LogP contribution in [0.5, 0.6) is 0 Å². The van der Waals surface area contributed by atoms with Crippen LogP contribution in [0.1, 0.15) is 34.6 Å². The summed E-state index contributed by atoms with van der Waals surface area (Å²) in [5, 5.41) is 9.85. The third kappa shape index (κ3) is 2.20. The lowest BCUT2D eigenvalue weighted by Crippen LogP contribution is -2.54. The van der Waals surface area contributed by atoms with Crippen LogP contribution in [-0.4, -0.2) is 23.3 Å². The van der Waals surface area contributed by atoms with Crippen LogP contribution in [0.3, 0.4) is 0 Å². The Morgan fingerprint density at radius 1 is 1.50 bits per heavy atom. The number of hydrogen-bond donors (Lipinski definition) is 1. The van der Waals surface area contributed by atoms with E-state index >= 15 is 0 Å². The number of aliphatic hydroxyl groups excluding tert-OH is 1. The van der Waals surface area contributed by atoms with Gasteiger partial charge in [0.25, 0.3) is 0 Å². The minimum Gasteiger partial charge on any atom is -0.367 e. The van der Waals surface area contributed by atoms with Gasteiger partial charge in [0.2, 0.25) is 0 Å². The van der Waals surface area contributed by atoms with E-state index in [0.29, 0.717) is 0 Å². The maximum atomic E-state index is 12.1. The Hall–Kier alpha value is -0.670. The van der Waals surface area contributed by atoms with Gasteiger partial charge in [0.15, 0.2) is 6.29 Å². The van der Waals surface area contributed by atoms with Crippen molar-refractivity contribution in [2.45, 2.75) is 47.0 Å². The first kappa shape index (κ1) is 13.4. The monoisotopic (exact) mass is 226 g/mol. The highest BCUT2D eigenvalue weighted by Crippen LogP contribution is 2.37. The summed E-state index contributed by atoms with van der Waals surface area (Å²) in [4.78, 5) is 12.1. The molecule has 1 heterocycles. The molecule has 0 aromatic carbocycles. The quantitative estimate of drug-likeness (QED) is 0.734. The van der Waals surface area contributed by atoms with Crippen LogP contribution in [0, 0.1) is 17.3 Å². The zero-order chi connectivity index (χ0) is 12.5. The van der Waals surface area contributed by atoms with Gasteiger partial charge in [-0.15, -0.1) is 0 Å². The highest BCUT2D eigenvalue weighted by Gasteiger charge is 2.48. The van der Waals surface area contributed by atoms with Crippen molar-refractivity contribution < 1.29 is 14.6 Å². The molecule has 1 fully saturated rings. The number of carbonyl (C=O) groups excluding carboxylic acids is 1. The van der Waals surface area contributed by atoms with Gasteiger partial charge in [0.1, 0.15) is 5.78 Å². The molecule has 92 valence electrons. The SMILES string of the molecule is CC=C[C@H](C)[C@@H]1OC(O)C(C)(C)C(=O)[C@@H]1C. The summed E-state index contributed by atoms with van der Waals surface area (Å²) in [5.41, 5.74) is -0.800. The molecule has 16 heavy (non-hydrogen) atoms. The van der Waals surface area contributed by atoms with E-state index in [9.17, 15) is 9.90 Å². The molecule has 4 atom stereocenters. The molecule has 0 saturated carbocycles. The standard InChI is InChI=1S/C13H22O3/c1-6-7-8(2)10-9(3)11(14)13(4,5)12(15)16-10/h6-10,12,15H,1-5H3/t8-,9+,10-,12?/m0/s1. The van der Waals surface area contributed by atoms with Crippen LogP contribution >= 0.6 is 0 Å². The summed E-state index contributed by atoms with van der Waals surface area (Å²) in [5.74, 6) is 0.0342. The fourth-order valence-electron chi connectivity index (χ4n) is 2.29. The molecular weight excluding hydrogens is 204 g/mol. The average molecular weight is 226 g/mol. The number of rotatable bonds is 2. The van der Waals surface area contributed by atoms with E-state index in [1.165, 1.54) is 0 Å². The van der Waals surface area contributed by atoms with Crippen molar-refractivity contribution in [3.05, 3.63) is 12.2 Å². The summed E-state index contributed by atoms with van der Waals surface area (Å²) in [6.45, 7) is 9.27. The molecule has 0 spiro atoms. The molecule has 3 heteroatoms. The van der Waals surface area contributed by atoms with Crippen LogP contribution in [0.4, 0.5) is 0 Å². The minimum absolute atomic E-state index is 0.0765. The molecule has 1 aliphatic rings. The first-order valence-electron chi connectivity index (χ1n) is 5.83. The van der Waals surface area contributed by atoms with E-state index in [-0.39, 0.29) is 23.7 Å². The molecule has 1 saturated heterocycles. The van der Waals surface area contributed by atoms with Crippen molar-refractivity contribution in [2.75, 3.05) is 0 Å². The number of ether oxygens (including phenoxy) is 1. The Labute approximate surface area is 97.5 Å². The number of hydrogen-bond acceptors (Lipinski definition) is 3. The van der Waals surface area contributed by atoms with Crippen molar-refractivity contribution >= 4 is 5.78 Å². The molecular formula is C13H22O3. The van der Waals surface area contributed by atoms with Gasteiger partial charge < -0.3 is 9.84 Å². The summed E-state index contributed by atoms with van der Waals surface area (Å²) in [7, 11) is 0. The Kier molecular flexibility index (Phi) is 3.92. The molecule has 1 N–H and O–H groups in total. The first-order valence-corrected chi connectivity index (χ1v) is 5.83. The number of aliphatic hydroxyl groups is 1. The van der Waals surface area contributed by atoms with Gasteiger partial charge in [0.05, 0.1) is 11.5 Å². The van der Waals surface area contributed by atoms with Crippen molar-refractivity contribution in [3.8, 4) is 0 Å². The third-order valence-electron chi connectivity index (χ3n) is 3.46. The van der Waals surface area contributed by atoms with E-state index < -0.39 is 11.7 Å². The van der Waals surface area contributed by atoms with E-state index in [2.05, 4.69) is 0 Å². The van der Waals surface area contributed by atoms with Gasteiger partial charge in [-0.05, 0) is 20.8 Å². The van der Waals surface area contributed by atoms with E-state index in [0.717, 1.165) is 0 Å². The maximum Gasteiger partial charge on any atom is 0.166 e. The Bertz CT molecular complexity index is 294. The van der Waals surface area contributed by atoms with E-state index in [4.69, 9.17) is 4.74 Å². The lowest BCUT2D eigenvalue weighted by atomic mass is 9.74. The lowest BCUT2D eigenvalue weighted by molar-refractivity contribution is -0.233. The Morgan fingerprint density at radius 3 is 2.56 bits per heavy atom. The van der Waals surface area contributed by atoms with Crippen molar-refractivity contribution in [1.29, 1.82) is 0 Å². The summed E-state index contributed by atoms with van der Waals surface area (Å²) in [6, 6.07) is 0. The second kappa shape index (κ2) is 4.68. The number of allylic oxidation sites excluding steroid dienone is 1. The molecule has 0 bridgehead atoms. The molecule has 0 aromatic heterocycles. The van der Waals surface area contributed by atoms with E-state index in [1.54, 1.807) is 13.8 Å². The Balaban J connectivity index is 2.89. The average Bonchev–Trinajstić information content (AvgIpc) is 2.21. The maximum absolute atomic E-state index is 12.1. The third-order valence-corrected chi connectivity index (χ3v) is 3.46. The molecule has 0 amide bonds. The van der Waals surface area contributed by atoms with Crippen LogP contribution in [0.25, 0.3) is 0 Å². The number of ketones is 1. The smallest absolute Gasteiger partial charge is 0.166 e. The number of Topliss-reactive ketones (excluding diaryl/α,β-unsaturated/α-hetero) is 1. The van der Waals surface area contributed by atoms with Crippen molar-refractivity contribution in [2.24, 2.45) is 17.3 Å². The van der Waals surface area contributed by atoms with Gasteiger partial charge in [-0.25, -0.2) is 0 Å². The zero-order valence-electron chi connectivity index (χ0n) is 10.7. The Morgan fingerprint density at radius 2 is 2.06 bits per heavy atom. The predicted octanol–water partition coefficient (Wildman–Crippen LogP) is 2.15.